The minimum atomic E-state index is -3.87. The fraction of sp³-hybridized carbons (Fsp3) is 0.200. The highest BCUT2D eigenvalue weighted by molar-refractivity contribution is 7.89. The van der Waals surface area contributed by atoms with Crippen LogP contribution in [0.5, 0.6) is 11.5 Å². The predicted octanol–water partition coefficient (Wildman–Crippen LogP) is 4.14. The zero-order valence-corrected chi connectivity index (χ0v) is 16.9. The average Bonchev–Trinajstić information content (AvgIpc) is 3.21. The van der Waals surface area contributed by atoms with Gasteiger partial charge in [-0.15, -0.1) is 11.3 Å². The largest absolute Gasteiger partial charge is 0.497 e. The van der Waals surface area contributed by atoms with E-state index in [1.165, 1.54) is 31.6 Å². The van der Waals surface area contributed by atoms with Gasteiger partial charge in [-0.1, -0.05) is 35.9 Å². The summed E-state index contributed by atoms with van der Waals surface area (Å²) in [5, 5.41) is 1.93. The van der Waals surface area contributed by atoms with Crippen molar-refractivity contribution >= 4 is 21.4 Å². The monoisotopic (exact) mass is 403 g/mol. The maximum Gasteiger partial charge on any atom is 0.245 e. The van der Waals surface area contributed by atoms with Crippen LogP contribution < -0.4 is 14.2 Å². The molecule has 27 heavy (non-hydrogen) atoms. The highest BCUT2D eigenvalue weighted by Crippen LogP contribution is 2.32. The smallest absolute Gasteiger partial charge is 0.245 e. The van der Waals surface area contributed by atoms with E-state index in [0.29, 0.717) is 5.75 Å². The molecule has 0 amide bonds. The van der Waals surface area contributed by atoms with Gasteiger partial charge in [0.1, 0.15) is 16.4 Å². The first-order valence-corrected chi connectivity index (χ1v) is 10.6. The summed E-state index contributed by atoms with van der Waals surface area (Å²) in [6, 6.07) is 15.8. The van der Waals surface area contributed by atoms with Gasteiger partial charge in [0.05, 0.1) is 20.3 Å². The van der Waals surface area contributed by atoms with Crippen LogP contribution in [0.3, 0.4) is 0 Å². The van der Waals surface area contributed by atoms with Gasteiger partial charge in [-0.3, -0.25) is 0 Å². The third kappa shape index (κ3) is 4.32. The Bertz CT molecular complexity index is 997. The Morgan fingerprint density at radius 3 is 2.33 bits per heavy atom. The fourth-order valence-electron chi connectivity index (χ4n) is 2.72. The van der Waals surface area contributed by atoms with Crippen LogP contribution in [0.25, 0.3) is 0 Å². The quantitative estimate of drug-likeness (QED) is 0.644. The van der Waals surface area contributed by atoms with Crippen molar-refractivity contribution in [2.75, 3.05) is 14.2 Å². The number of methoxy groups -OCH3 is 2. The Kier molecular flexibility index (Phi) is 5.84. The number of sulfonamides is 1. The summed E-state index contributed by atoms with van der Waals surface area (Å²) in [5.74, 6) is 0.705. The first-order chi connectivity index (χ1) is 12.9. The molecular formula is C20H21NO4S2. The number of thiophene rings is 1. The molecule has 0 radical (unpaired) electrons. The lowest BCUT2D eigenvalue weighted by molar-refractivity contribution is 0.391. The number of rotatable bonds is 7. The molecule has 0 aliphatic carbocycles. The molecule has 1 N–H and O–H groups in total. The van der Waals surface area contributed by atoms with E-state index in [2.05, 4.69) is 4.72 Å². The number of ether oxygens (including phenoxy) is 2. The number of nitrogens with one attached hydrogen (secondary N) is 1. The molecule has 0 saturated heterocycles. The molecule has 3 rings (SSSR count). The SMILES string of the molecule is COc1ccc(OC)c(S(=O)(=O)NC(c2ccc(C)cc2)c2cccs2)c1. The van der Waals surface area contributed by atoms with E-state index in [4.69, 9.17) is 9.47 Å². The summed E-state index contributed by atoms with van der Waals surface area (Å²) in [4.78, 5) is 0.947. The van der Waals surface area contributed by atoms with Crippen LogP contribution in [0, 0.1) is 6.92 Å². The third-order valence-electron chi connectivity index (χ3n) is 4.17. The van der Waals surface area contributed by atoms with Gasteiger partial charge >= 0.3 is 0 Å². The molecular weight excluding hydrogens is 382 g/mol. The average molecular weight is 404 g/mol. The standard InChI is InChI=1S/C20H21NO4S2/c1-14-6-8-15(9-7-14)20(18-5-4-12-26-18)21-27(22,23)19-13-16(24-2)10-11-17(19)25-3/h4-13,20-21H,1-3H3. The van der Waals surface area contributed by atoms with Gasteiger partial charge in [0.2, 0.25) is 10.0 Å². The van der Waals surface area contributed by atoms with E-state index in [-0.39, 0.29) is 10.6 Å². The second-order valence-electron chi connectivity index (χ2n) is 6.00. The van der Waals surface area contributed by atoms with Gasteiger partial charge in [-0.2, -0.15) is 4.72 Å². The van der Waals surface area contributed by atoms with Crippen LogP contribution in [-0.2, 0) is 10.0 Å². The van der Waals surface area contributed by atoms with Crippen LogP contribution >= 0.6 is 11.3 Å². The van der Waals surface area contributed by atoms with Gasteiger partial charge < -0.3 is 9.47 Å². The Labute approximate surface area is 163 Å². The molecule has 1 unspecified atom stereocenters. The fourth-order valence-corrected chi connectivity index (χ4v) is 4.98. The van der Waals surface area contributed by atoms with E-state index < -0.39 is 16.1 Å². The minimum absolute atomic E-state index is 0.0398. The molecule has 1 heterocycles. The number of benzene rings is 2. The maximum atomic E-state index is 13.2. The van der Waals surface area contributed by atoms with E-state index in [1.807, 2.05) is 48.7 Å². The van der Waals surface area contributed by atoms with E-state index in [9.17, 15) is 8.42 Å². The molecule has 0 fully saturated rings. The minimum Gasteiger partial charge on any atom is -0.497 e. The van der Waals surface area contributed by atoms with Gasteiger partial charge in [0, 0.05) is 10.9 Å². The van der Waals surface area contributed by atoms with Crippen molar-refractivity contribution < 1.29 is 17.9 Å². The van der Waals surface area contributed by atoms with Crippen LogP contribution in [0.4, 0.5) is 0 Å². The molecule has 2 aromatic carbocycles. The van der Waals surface area contributed by atoms with Crippen LogP contribution in [0.2, 0.25) is 0 Å². The van der Waals surface area contributed by atoms with Crippen molar-refractivity contribution in [2.24, 2.45) is 0 Å². The lowest BCUT2D eigenvalue weighted by atomic mass is 10.0. The van der Waals surface area contributed by atoms with Crippen molar-refractivity contribution in [3.63, 3.8) is 0 Å². The summed E-state index contributed by atoms with van der Waals surface area (Å²) >= 11 is 1.50. The summed E-state index contributed by atoms with van der Waals surface area (Å²) in [5.41, 5.74) is 1.98. The highest BCUT2D eigenvalue weighted by Gasteiger charge is 2.26. The number of hydrogen-bond donors (Lipinski definition) is 1. The van der Waals surface area contributed by atoms with Crippen molar-refractivity contribution in [1.29, 1.82) is 0 Å². The summed E-state index contributed by atoms with van der Waals surface area (Å²) in [7, 11) is -0.933. The van der Waals surface area contributed by atoms with Gasteiger partial charge in [-0.25, -0.2) is 8.42 Å². The Hall–Kier alpha value is -2.35. The molecule has 3 aromatic rings. The molecule has 142 valence electrons. The van der Waals surface area contributed by atoms with Crippen LogP contribution in [0.1, 0.15) is 22.0 Å². The highest BCUT2D eigenvalue weighted by atomic mass is 32.2. The number of hydrogen-bond acceptors (Lipinski definition) is 5. The molecule has 0 aliphatic heterocycles. The summed E-state index contributed by atoms with van der Waals surface area (Å²) in [6.07, 6.45) is 0. The summed E-state index contributed by atoms with van der Waals surface area (Å²) < 4.78 is 39.6. The van der Waals surface area contributed by atoms with Gasteiger partial charge in [0.15, 0.2) is 0 Å². The maximum absolute atomic E-state index is 13.2. The van der Waals surface area contributed by atoms with Crippen molar-refractivity contribution in [2.45, 2.75) is 17.9 Å². The Balaban J connectivity index is 2.04. The first-order valence-electron chi connectivity index (χ1n) is 8.29. The van der Waals surface area contributed by atoms with Crippen LogP contribution in [-0.4, -0.2) is 22.6 Å². The lowest BCUT2D eigenvalue weighted by Crippen LogP contribution is -2.29. The predicted molar refractivity (Wildman–Crippen MR) is 107 cm³/mol. The van der Waals surface area contributed by atoms with Crippen molar-refractivity contribution in [1.82, 2.24) is 4.72 Å². The molecule has 5 nitrogen and oxygen atoms in total. The van der Waals surface area contributed by atoms with Crippen molar-refractivity contribution in [3.8, 4) is 11.5 Å². The topological polar surface area (TPSA) is 64.6 Å². The molecule has 7 heteroatoms. The van der Waals surface area contributed by atoms with Crippen LogP contribution in [0.15, 0.2) is 64.9 Å². The molecule has 1 atom stereocenters. The van der Waals surface area contributed by atoms with E-state index in [0.717, 1.165) is 16.0 Å². The zero-order chi connectivity index (χ0) is 19.4. The third-order valence-corrected chi connectivity index (χ3v) is 6.55. The second kappa shape index (κ2) is 8.12. The molecule has 0 spiro atoms. The van der Waals surface area contributed by atoms with Gasteiger partial charge in [-0.05, 0) is 36.1 Å². The Morgan fingerprint density at radius 2 is 1.74 bits per heavy atom. The first kappa shape index (κ1) is 19.4. The lowest BCUT2D eigenvalue weighted by Gasteiger charge is -2.20. The summed E-state index contributed by atoms with van der Waals surface area (Å²) in [6.45, 7) is 2.00. The zero-order valence-electron chi connectivity index (χ0n) is 15.3. The Morgan fingerprint density at radius 1 is 1.00 bits per heavy atom. The molecule has 1 aromatic heterocycles. The molecule has 0 bridgehead atoms. The van der Waals surface area contributed by atoms with E-state index >= 15 is 0 Å². The normalized spacial score (nSPS) is 12.6. The molecule has 0 aliphatic rings. The second-order valence-corrected chi connectivity index (χ2v) is 8.66. The molecule has 0 saturated carbocycles. The van der Waals surface area contributed by atoms with Crippen molar-refractivity contribution in [3.05, 3.63) is 76.0 Å². The number of aryl methyl sites for hydroxylation is 1. The van der Waals surface area contributed by atoms with E-state index in [1.54, 1.807) is 12.1 Å². The van der Waals surface area contributed by atoms with Gasteiger partial charge in [0.25, 0.3) is 0 Å².